The number of nitrogens with zero attached hydrogens (tertiary/aromatic N) is 8. The molecular weight excluding hydrogens is 437 g/mol. The van der Waals surface area contributed by atoms with Crippen LogP contribution in [0.25, 0.3) is 11.2 Å². The molecule has 0 radical (unpaired) electrons. The highest BCUT2D eigenvalue weighted by Gasteiger charge is 2.44. The number of fused-ring (bicyclic) bond motifs is 1. The van der Waals surface area contributed by atoms with Gasteiger partial charge in [-0.1, -0.05) is 0 Å². The Morgan fingerprint density at radius 1 is 1.00 bits per heavy atom. The van der Waals surface area contributed by atoms with Crippen molar-refractivity contribution in [3.63, 3.8) is 0 Å². The first-order chi connectivity index (χ1) is 15.8. The molecule has 3 aromatic rings. The van der Waals surface area contributed by atoms with E-state index in [2.05, 4.69) is 29.9 Å². The molecule has 0 N–H and O–H groups in total. The average molecular weight is 460 g/mol. The molecule has 3 aliphatic rings. The Labute approximate surface area is 187 Å². The van der Waals surface area contributed by atoms with Crippen LogP contribution in [-0.4, -0.2) is 69.1 Å². The quantitative estimate of drug-likeness (QED) is 0.590. The third kappa shape index (κ3) is 3.47. The normalized spacial score (nSPS) is 23.8. The lowest BCUT2D eigenvalue weighted by atomic mass is 9.86. The van der Waals surface area contributed by atoms with Crippen molar-refractivity contribution in [1.82, 2.24) is 29.7 Å². The first-order valence-electron chi connectivity index (χ1n) is 11.0. The number of alkyl halides is 3. The predicted molar refractivity (Wildman–Crippen MR) is 113 cm³/mol. The molecule has 3 aromatic heterocycles. The number of aromatic nitrogens is 6. The fourth-order valence-corrected chi connectivity index (χ4v) is 5.06. The minimum absolute atomic E-state index is 0.0529. The summed E-state index contributed by atoms with van der Waals surface area (Å²) in [4.78, 5) is 20.9. The van der Waals surface area contributed by atoms with Crippen molar-refractivity contribution in [3.8, 4) is 0 Å². The Morgan fingerprint density at radius 2 is 1.70 bits per heavy atom. The van der Waals surface area contributed by atoms with Crippen molar-refractivity contribution in [2.24, 2.45) is 5.41 Å². The van der Waals surface area contributed by atoms with E-state index in [9.17, 15) is 13.2 Å². The summed E-state index contributed by atoms with van der Waals surface area (Å²) in [7, 11) is 0. The maximum atomic E-state index is 12.8. The van der Waals surface area contributed by atoms with Crippen molar-refractivity contribution in [3.05, 3.63) is 30.1 Å². The monoisotopic (exact) mass is 460 g/mol. The van der Waals surface area contributed by atoms with Gasteiger partial charge >= 0.3 is 6.18 Å². The van der Waals surface area contributed by atoms with Crippen LogP contribution >= 0.6 is 0 Å². The molecule has 0 bridgehead atoms. The molecule has 1 atom stereocenters. The van der Waals surface area contributed by atoms with E-state index in [1.807, 2.05) is 17.8 Å². The van der Waals surface area contributed by atoms with Crippen LogP contribution in [-0.2, 0) is 10.9 Å². The molecule has 9 nitrogen and oxygen atoms in total. The number of hydrogen-bond donors (Lipinski definition) is 0. The molecule has 6 rings (SSSR count). The van der Waals surface area contributed by atoms with Gasteiger partial charge in [-0.15, -0.1) is 0 Å². The summed E-state index contributed by atoms with van der Waals surface area (Å²) >= 11 is 0. The maximum Gasteiger partial charge on any atom is 0.451 e. The van der Waals surface area contributed by atoms with Crippen LogP contribution < -0.4 is 9.80 Å². The van der Waals surface area contributed by atoms with Gasteiger partial charge in [0.15, 0.2) is 5.65 Å². The Kier molecular flexibility index (Phi) is 4.51. The third-order valence-electron chi connectivity index (χ3n) is 6.98. The Balaban J connectivity index is 1.19. The third-order valence-corrected chi connectivity index (χ3v) is 6.98. The molecule has 0 amide bonds. The van der Waals surface area contributed by atoms with Crippen LogP contribution in [0.3, 0.4) is 0 Å². The highest BCUT2D eigenvalue weighted by molar-refractivity contribution is 5.75. The Morgan fingerprint density at radius 3 is 2.36 bits per heavy atom. The number of rotatable bonds is 3. The zero-order chi connectivity index (χ0) is 22.8. The summed E-state index contributed by atoms with van der Waals surface area (Å²) in [5, 5.41) is 4.62. The van der Waals surface area contributed by atoms with Crippen LogP contribution in [0.15, 0.2) is 18.6 Å². The lowest BCUT2D eigenvalue weighted by molar-refractivity contribution is -0.144. The second-order valence-corrected chi connectivity index (χ2v) is 9.23. The average Bonchev–Trinajstić information content (AvgIpc) is 3.45. The van der Waals surface area contributed by atoms with Gasteiger partial charge in [0.1, 0.15) is 17.4 Å². The molecule has 174 valence electrons. The smallest absolute Gasteiger partial charge is 0.377 e. The zero-order valence-electron chi connectivity index (χ0n) is 18.1. The van der Waals surface area contributed by atoms with Gasteiger partial charge in [-0.2, -0.15) is 18.3 Å². The molecule has 3 saturated heterocycles. The summed E-state index contributed by atoms with van der Waals surface area (Å²) in [6.45, 7) is 6.42. The van der Waals surface area contributed by atoms with Gasteiger partial charge in [0.2, 0.25) is 5.82 Å². The molecule has 0 saturated carbocycles. The number of anilines is 2. The molecule has 1 spiro atoms. The van der Waals surface area contributed by atoms with Crippen molar-refractivity contribution in [1.29, 1.82) is 0 Å². The molecule has 3 aliphatic heterocycles. The standard InChI is InChI=1S/C21H23F3N8O/c1-13-17-18(32(29-13)15-9-33-10-15)28-16(8-25-17)31-5-3-20(12-31)2-4-30(11-20)14-6-26-19(27-7-14)21(22,23)24/h6-8,15H,2-5,9-12H2,1H3. The van der Waals surface area contributed by atoms with Crippen LogP contribution in [0.4, 0.5) is 24.7 Å². The zero-order valence-corrected chi connectivity index (χ0v) is 18.1. The molecule has 6 heterocycles. The van der Waals surface area contributed by atoms with Gasteiger partial charge in [-0.05, 0) is 19.8 Å². The molecular formula is C21H23F3N8O. The Bertz CT molecular complexity index is 1190. The summed E-state index contributed by atoms with van der Waals surface area (Å²) in [6.07, 6.45) is 1.77. The van der Waals surface area contributed by atoms with E-state index in [-0.39, 0.29) is 11.5 Å². The second-order valence-electron chi connectivity index (χ2n) is 9.23. The second kappa shape index (κ2) is 7.24. The Hall–Kier alpha value is -3.02. The van der Waals surface area contributed by atoms with Crippen molar-refractivity contribution < 1.29 is 17.9 Å². The van der Waals surface area contributed by atoms with Gasteiger partial charge in [0.25, 0.3) is 0 Å². The number of hydrogen-bond acceptors (Lipinski definition) is 8. The first kappa shape index (κ1) is 20.6. The number of halogens is 3. The molecule has 3 fully saturated rings. The SMILES string of the molecule is Cc1nn(C2COC2)c2nc(N3CCC4(CCN(c5cnc(C(F)(F)F)nc5)C4)C3)cnc12. The van der Waals surface area contributed by atoms with E-state index in [0.29, 0.717) is 18.9 Å². The van der Waals surface area contributed by atoms with E-state index in [1.54, 1.807) is 0 Å². The highest BCUT2D eigenvalue weighted by atomic mass is 19.4. The summed E-state index contributed by atoms with van der Waals surface area (Å²) < 4.78 is 45.5. The molecule has 12 heteroatoms. The van der Waals surface area contributed by atoms with Crippen LogP contribution in [0.5, 0.6) is 0 Å². The first-order valence-corrected chi connectivity index (χ1v) is 11.0. The topological polar surface area (TPSA) is 85.1 Å². The van der Waals surface area contributed by atoms with E-state index < -0.39 is 12.0 Å². The molecule has 0 aliphatic carbocycles. The van der Waals surface area contributed by atoms with Gasteiger partial charge in [0.05, 0.1) is 43.2 Å². The minimum atomic E-state index is -4.53. The number of aryl methyl sites for hydroxylation is 1. The summed E-state index contributed by atoms with van der Waals surface area (Å²) in [5.41, 5.74) is 3.14. The van der Waals surface area contributed by atoms with Gasteiger partial charge < -0.3 is 14.5 Å². The predicted octanol–water partition coefficient (Wildman–Crippen LogP) is 2.62. The van der Waals surface area contributed by atoms with Gasteiger partial charge in [-0.3, -0.25) is 0 Å². The van der Waals surface area contributed by atoms with E-state index >= 15 is 0 Å². The van der Waals surface area contributed by atoms with Crippen molar-refractivity contribution in [2.45, 2.75) is 32.0 Å². The van der Waals surface area contributed by atoms with Gasteiger partial charge in [0, 0.05) is 31.6 Å². The van der Waals surface area contributed by atoms with E-state index in [4.69, 9.17) is 9.72 Å². The largest absolute Gasteiger partial charge is 0.451 e. The number of ether oxygens (including phenoxy) is 1. The molecule has 1 unspecified atom stereocenters. The van der Waals surface area contributed by atoms with Crippen LogP contribution in [0.1, 0.15) is 30.4 Å². The fraction of sp³-hybridized carbons (Fsp3) is 0.571. The van der Waals surface area contributed by atoms with Crippen LogP contribution in [0.2, 0.25) is 0 Å². The lowest BCUT2D eigenvalue weighted by Gasteiger charge is -2.27. The van der Waals surface area contributed by atoms with Gasteiger partial charge in [-0.25, -0.2) is 24.6 Å². The van der Waals surface area contributed by atoms with Crippen LogP contribution in [0, 0.1) is 12.3 Å². The van der Waals surface area contributed by atoms with Crippen molar-refractivity contribution in [2.75, 3.05) is 49.2 Å². The molecule has 33 heavy (non-hydrogen) atoms. The van der Waals surface area contributed by atoms with E-state index in [1.165, 1.54) is 12.4 Å². The lowest BCUT2D eigenvalue weighted by Crippen LogP contribution is -2.32. The summed E-state index contributed by atoms with van der Waals surface area (Å²) in [6, 6.07) is 0.199. The molecule has 0 aromatic carbocycles. The summed E-state index contributed by atoms with van der Waals surface area (Å²) in [5.74, 6) is -0.277. The maximum absolute atomic E-state index is 12.8. The fourth-order valence-electron chi connectivity index (χ4n) is 5.06. The van der Waals surface area contributed by atoms with Crippen molar-refractivity contribution >= 4 is 22.7 Å². The minimum Gasteiger partial charge on any atom is -0.377 e. The van der Waals surface area contributed by atoms with E-state index in [0.717, 1.165) is 61.7 Å². The highest BCUT2D eigenvalue weighted by Crippen LogP contribution is 2.42.